The summed E-state index contributed by atoms with van der Waals surface area (Å²) < 4.78 is 27.3. The molecule has 3 rings (SSSR count). The van der Waals surface area contributed by atoms with Gasteiger partial charge in [0.15, 0.2) is 23.0 Å². The van der Waals surface area contributed by atoms with Crippen molar-refractivity contribution < 1.29 is 23.7 Å². The molecular weight excluding hydrogens is 320 g/mol. The standard InChI is InChI=1S/C20H24O5/c1-21-17-7-5-13(9-19(17)23-3)15-11-25-12-16(15)14-6-8-18(22-2)20(10-14)24-4/h5-10,15-16H,11-12H2,1-4H3. The average molecular weight is 344 g/mol. The Morgan fingerprint density at radius 2 is 1.04 bits per heavy atom. The van der Waals surface area contributed by atoms with Crippen molar-refractivity contribution in [3.63, 3.8) is 0 Å². The summed E-state index contributed by atoms with van der Waals surface area (Å²) in [6, 6.07) is 12.1. The summed E-state index contributed by atoms with van der Waals surface area (Å²) in [6.07, 6.45) is 0. The third kappa shape index (κ3) is 3.37. The Hall–Kier alpha value is -2.40. The summed E-state index contributed by atoms with van der Waals surface area (Å²) >= 11 is 0. The van der Waals surface area contributed by atoms with E-state index in [1.165, 1.54) is 11.1 Å². The summed E-state index contributed by atoms with van der Waals surface area (Å²) in [4.78, 5) is 0. The maximum atomic E-state index is 5.79. The monoisotopic (exact) mass is 344 g/mol. The predicted octanol–water partition coefficient (Wildman–Crippen LogP) is 3.62. The number of ether oxygens (including phenoxy) is 5. The molecule has 25 heavy (non-hydrogen) atoms. The fraction of sp³-hybridized carbons (Fsp3) is 0.400. The second-order valence-electron chi connectivity index (χ2n) is 5.98. The number of methoxy groups -OCH3 is 4. The van der Waals surface area contributed by atoms with Crippen molar-refractivity contribution in [2.45, 2.75) is 11.8 Å². The number of benzene rings is 2. The van der Waals surface area contributed by atoms with E-state index in [4.69, 9.17) is 23.7 Å². The number of hydrogen-bond donors (Lipinski definition) is 0. The normalized spacial score (nSPS) is 19.5. The Labute approximate surface area is 148 Å². The van der Waals surface area contributed by atoms with Gasteiger partial charge >= 0.3 is 0 Å². The molecule has 0 saturated carbocycles. The van der Waals surface area contributed by atoms with Gasteiger partial charge in [-0.25, -0.2) is 0 Å². The highest BCUT2D eigenvalue weighted by molar-refractivity contribution is 5.47. The Kier molecular flexibility index (Phi) is 5.34. The van der Waals surface area contributed by atoms with Gasteiger partial charge in [0.1, 0.15) is 0 Å². The lowest BCUT2D eigenvalue weighted by molar-refractivity contribution is 0.190. The van der Waals surface area contributed by atoms with E-state index >= 15 is 0 Å². The van der Waals surface area contributed by atoms with Gasteiger partial charge in [0.05, 0.1) is 41.7 Å². The molecule has 0 amide bonds. The van der Waals surface area contributed by atoms with Crippen molar-refractivity contribution >= 4 is 0 Å². The summed E-state index contributed by atoms with van der Waals surface area (Å²) in [5.74, 6) is 3.42. The maximum absolute atomic E-state index is 5.79. The lowest BCUT2D eigenvalue weighted by Crippen LogP contribution is -2.10. The quantitative estimate of drug-likeness (QED) is 0.801. The third-order valence-corrected chi connectivity index (χ3v) is 4.75. The highest BCUT2D eigenvalue weighted by atomic mass is 16.5. The fourth-order valence-electron chi connectivity index (χ4n) is 3.38. The van der Waals surface area contributed by atoms with E-state index in [-0.39, 0.29) is 11.8 Å². The molecule has 0 bridgehead atoms. The minimum Gasteiger partial charge on any atom is -0.493 e. The van der Waals surface area contributed by atoms with Crippen LogP contribution in [0.1, 0.15) is 23.0 Å². The highest BCUT2D eigenvalue weighted by Crippen LogP contribution is 2.42. The third-order valence-electron chi connectivity index (χ3n) is 4.75. The van der Waals surface area contributed by atoms with Crippen LogP contribution in [-0.4, -0.2) is 41.7 Å². The van der Waals surface area contributed by atoms with Crippen LogP contribution in [0.3, 0.4) is 0 Å². The van der Waals surface area contributed by atoms with Crippen LogP contribution >= 0.6 is 0 Å². The molecule has 5 heteroatoms. The largest absolute Gasteiger partial charge is 0.493 e. The van der Waals surface area contributed by atoms with Gasteiger partial charge in [-0.15, -0.1) is 0 Å². The molecular formula is C20H24O5. The number of rotatable bonds is 6. The molecule has 0 spiro atoms. The van der Waals surface area contributed by atoms with E-state index in [1.54, 1.807) is 28.4 Å². The van der Waals surface area contributed by atoms with E-state index in [1.807, 2.05) is 24.3 Å². The van der Waals surface area contributed by atoms with Crippen LogP contribution in [0.5, 0.6) is 23.0 Å². The lowest BCUT2D eigenvalue weighted by Gasteiger charge is -2.21. The van der Waals surface area contributed by atoms with Crippen LogP contribution in [0.2, 0.25) is 0 Å². The van der Waals surface area contributed by atoms with Gasteiger partial charge in [0.2, 0.25) is 0 Å². The van der Waals surface area contributed by atoms with E-state index in [0.717, 1.165) is 23.0 Å². The minimum atomic E-state index is 0.248. The molecule has 5 nitrogen and oxygen atoms in total. The Morgan fingerprint density at radius 1 is 0.640 bits per heavy atom. The molecule has 0 radical (unpaired) electrons. The number of hydrogen-bond acceptors (Lipinski definition) is 5. The van der Waals surface area contributed by atoms with Crippen LogP contribution < -0.4 is 18.9 Å². The molecule has 134 valence electrons. The molecule has 1 fully saturated rings. The van der Waals surface area contributed by atoms with E-state index in [2.05, 4.69) is 12.1 Å². The lowest BCUT2D eigenvalue weighted by atomic mass is 9.84. The van der Waals surface area contributed by atoms with Gasteiger partial charge in [-0.1, -0.05) is 12.1 Å². The molecule has 2 atom stereocenters. The van der Waals surface area contributed by atoms with Crippen molar-refractivity contribution in [2.75, 3.05) is 41.7 Å². The molecule has 2 aromatic carbocycles. The zero-order chi connectivity index (χ0) is 17.8. The van der Waals surface area contributed by atoms with Gasteiger partial charge in [-0.3, -0.25) is 0 Å². The van der Waals surface area contributed by atoms with Crippen molar-refractivity contribution in [1.82, 2.24) is 0 Å². The molecule has 1 saturated heterocycles. The molecule has 2 aromatic rings. The first-order chi connectivity index (χ1) is 12.2. The summed E-state index contributed by atoms with van der Waals surface area (Å²) in [5, 5.41) is 0. The van der Waals surface area contributed by atoms with Gasteiger partial charge in [0.25, 0.3) is 0 Å². The topological polar surface area (TPSA) is 46.2 Å². The van der Waals surface area contributed by atoms with Crippen LogP contribution in [0.15, 0.2) is 36.4 Å². The molecule has 1 aliphatic rings. The highest BCUT2D eigenvalue weighted by Gasteiger charge is 2.32. The first-order valence-electron chi connectivity index (χ1n) is 8.23. The Bertz CT molecular complexity index is 667. The first-order valence-corrected chi connectivity index (χ1v) is 8.23. The van der Waals surface area contributed by atoms with Crippen LogP contribution in [-0.2, 0) is 4.74 Å². The van der Waals surface area contributed by atoms with E-state index in [0.29, 0.717) is 13.2 Å². The summed E-state index contributed by atoms with van der Waals surface area (Å²) in [5.41, 5.74) is 2.35. The Morgan fingerprint density at radius 3 is 1.40 bits per heavy atom. The van der Waals surface area contributed by atoms with Gasteiger partial charge in [0, 0.05) is 11.8 Å². The molecule has 0 aliphatic carbocycles. The Balaban J connectivity index is 1.93. The van der Waals surface area contributed by atoms with E-state index in [9.17, 15) is 0 Å². The van der Waals surface area contributed by atoms with E-state index < -0.39 is 0 Å². The van der Waals surface area contributed by atoms with Crippen molar-refractivity contribution in [3.8, 4) is 23.0 Å². The zero-order valence-corrected chi connectivity index (χ0v) is 15.1. The second-order valence-corrected chi connectivity index (χ2v) is 5.98. The second kappa shape index (κ2) is 7.66. The summed E-state index contributed by atoms with van der Waals surface area (Å²) in [7, 11) is 6.59. The SMILES string of the molecule is COc1ccc(C2COCC2c2ccc(OC)c(OC)c2)cc1OC. The molecule has 1 heterocycles. The minimum absolute atomic E-state index is 0.248. The first kappa shape index (κ1) is 17.4. The average Bonchev–Trinajstić information content (AvgIpc) is 3.16. The molecule has 0 N–H and O–H groups in total. The van der Waals surface area contributed by atoms with Crippen LogP contribution in [0.25, 0.3) is 0 Å². The molecule has 1 aliphatic heterocycles. The fourth-order valence-corrected chi connectivity index (χ4v) is 3.38. The van der Waals surface area contributed by atoms with Crippen LogP contribution in [0, 0.1) is 0 Å². The van der Waals surface area contributed by atoms with Crippen LogP contribution in [0.4, 0.5) is 0 Å². The molecule has 2 unspecified atom stereocenters. The van der Waals surface area contributed by atoms with Crippen molar-refractivity contribution in [1.29, 1.82) is 0 Å². The smallest absolute Gasteiger partial charge is 0.160 e. The van der Waals surface area contributed by atoms with Gasteiger partial charge in [-0.05, 0) is 35.4 Å². The van der Waals surface area contributed by atoms with Crippen molar-refractivity contribution in [2.24, 2.45) is 0 Å². The maximum Gasteiger partial charge on any atom is 0.160 e. The van der Waals surface area contributed by atoms with Gasteiger partial charge < -0.3 is 23.7 Å². The van der Waals surface area contributed by atoms with Crippen molar-refractivity contribution in [3.05, 3.63) is 47.5 Å². The van der Waals surface area contributed by atoms with Gasteiger partial charge in [-0.2, -0.15) is 0 Å². The molecule has 0 aromatic heterocycles. The zero-order valence-electron chi connectivity index (χ0n) is 15.1. The summed E-state index contributed by atoms with van der Waals surface area (Å²) in [6.45, 7) is 1.35. The predicted molar refractivity (Wildman–Crippen MR) is 95.4 cm³/mol.